The van der Waals surface area contributed by atoms with Crippen molar-refractivity contribution in [2.45, 2.75) is 40.7 Å². The molecule has 0 aliphatic carbocycles. The number of rotatable bonds is 5. The van der Waals surface area contributed by atoms with Gasteiger partial charge in [0.15, 0.2) is 0 Å². The van der Waals surface area contributed by atoms with Gasteiger partial charge < -0.3 is 10.6 Å². The molecule has 1 heterocycles. The Kier molecular flexibility index (Phi) is 6.23. The van der Waals surface area contributed by atoms with E-state index in [9.17, 15) is 14.9 Å². The molecule has 124 valence electrons. The van der Waals surface area contributed by atoms with Crippen LogP contribution in [0.15, 0.2) is 10.6 Å². The summed E-state index contributed by atoms with van der Waals surface area (Å²) in [5, 5.41) is 24.4. The highest BCUT2D eigenvalue weighted by atomic mass is 32.2. The molecule has 0 aromatic carbocycles. The summed E-state index contributed by atoms with van der Waals surface area (Å²) < 4.78 is 0. The standard InChI is InChI=1S/C16H22N4O2S/c1-9(2)10(3)19-13(21)8-23-15-12(7-18)16(4,5)11(6-17)14(22)20-15/h9-11H,8H2,1-5H3,(H,19,21)(H,20,22)/t10-,11+/m1/s1. The maximum Gasteiger partial charge on any atom is 0.243 e. The van der Waals surface area contributed by atoms with Gasteiger partial charge >= 0.3 is 0 Å². The molecule has 0 aromatic heterocycles. The largest absolute Gasteiger partial charge is 0.353 e. The van der Waals surface area contributed by atoms with Gasteiger partial charge in [0.05, 0.1) is 28.5 Å². The molecule has 1 rings (SSSR count). The summed E-state index contributed by atoms with van der Waals surface area (Å²) in [5.74, 6) is -1.09. The van der Waals surface area contributed by atoms with Crippen LogP contribution >= 0.6 is 11.8 Å². The number of carbonyl (C=O) groups is 2. The summed E-state index contributed by atoms with van der Waals surface area (Å²) >= 11 is 1.11. The summed E-state index contributed by atoms with van der Waals surface area (Å²) in [7, 11) is 0. The number of nitrogens with zero attached hydrogens (tertiary/aromatic N) is 2. The molecule has 7 heteroatoms. The summed E-state index contributed by atoms with van der Waals surface area (Å²) in [6, 6.07) is 4.07. The number of amides is 2. The lowest BCUT2D eigenvalue weighted by Gasteiger charge is -2.34. The molecule has 2 amide bonds. The average Bonchev–Trinajstić information content (AvgIpc) is 2.44. The predicted molar refractivity (Wildman–Crippen MR) is 88.6 cm³/mol. The first-order valence-corrected chi connectivity index (χ1v) is 8.41. The first kappa shape index (κ1) is 19.1. The molecule has 0 spiro atoms. The molecular weight excluding hydrogens is 312 g/mol. The lowest BCUT2D eigenvalue weighted by atomic mass is 9.72. The van der Waals surface area contributed by atoms with Crippen LogP contribution in [0.4, 0.5) is 0 Å². The van der Waals surface area contributed by atoms with Crippen LogP contribution in [0.3, 0.4) is 0 Å². The Hall–Kier alpha value is -1.99. The fourth-order valence-corrected chi connectivity index (χ4v) is 3.12. The smallest absolute Gasteiger partial charge is 0.243 e. The normalized spacial score (nSPS) is 21.2. The molecule has 1 aliphatic heterocycles. The minimum atomic E-state index is -0.920. The van der Waals surface area contributed by atoms with E-state index < -0.39 is 17.2 Å². The zero-order valence-electron chi connectivity index (χ0n) is 14.1. The first-order chi connectivity index (χ1) is 10.6. The Morgan fingerprint density at radius 2 is 2.00 bits per heavy atom. The van der Waals surface area contributed by atoms with Gasteiger partial charge in [0.1, 0.15) is 5.92 Å². The maximum absolute atomic E-state index is 12.0. The number of carbonyl (C=O) groups excluding carboxylic acids is 2. The third-order valence-electron chi connectivity index (χ3n) is 4.07. The molecule has 0 bridgehead atoms. The molecule has 0 unspecified atom stereocenters. The van der Waals surface area contributed by atoms with Gasteiger partial charge in [-0.2, -0.15) is 10.5 Å². The summed E-state index contributed by atoms with van der Waals surface area (Å²) in [4.78, 5) is 24.0. The minimum Gasteiger partial charge on any atom is -0.353 e. The van der Waals surface area contributed by atoms with Crippen molar-refractivity contribution in [3.05, 3.63) is 10.6 Å². The van der Waals surface area contributed by atoms with E-state index in [0.29, 0.717) is 16.5 Å². The molecule has 1 aliphatic rings. The van der Waals surface area contributed by atoms with E-state index >= 15 is 0 Å². The van der Waals surface area contributed by atoms with Crippen LogP contribution in [0.5, 0.6) is 0 Å². The molecule has 6 nitrogen and oxygen atoms in total. The molecule has 2 N–H and O–H groups in total. The van der Waals surface area contributed by atoms with Crippen molar-refractivity contribution in [1.82, 2.24) is 10.6 Å². The van der Waals surface area contributed by atoms with Crippen molar-refractivity contribution in [2.24, 2.45) is 17.3 Å². The third-order valence-corrected chi connectivity index (χ3v) is 5.07. The molecule has 0 saturated carbocycles. The van der Waals surface area contributed by atoms with E-state index in [1.165, 1.54) is 0 Å². The third kappa shape index (κ3) is 4.27. The van der Waals surface area contributed by atoms with Crippen LogP contribution in [0.2, 0.25) is 0 Å². The maximum atomic E-state index is 12.0. The van der Waals surface area contributed by atoms with Gasteiger partial charge in [-0.05, 0) is 12.8 Å². The zero-order valence-corrected chi connectivity index (χ0v) is 14.9. The summed E-state index contributed by atoms with van der Waals surface area (Å²) in [6.07, 6.45) is 0. The van der Waals surface area contributed by atoms with Gasteiger partial charge in [-0.15, -0.1) is 0 Å². The lowest BCUT2D eigenvalue weighted by molar-refractivity contribution is -0.125. The van der Waals surface area contributed by atoms with E-state index in [0.717, 1.165) is 11.8 Å². The fourth-order valence-electron chi connectivity index (χ4n) is 2.13. The SMILES string of the molecule is CC(C)[C@@H](C)NC(=O)CSC1=C(C#N)C(C)(C)[C@@H](C#N)C(=O)N1. The van der Waals surface area contributed by atoms with Gasteiger partial charge in [0.2, 0.25) is 11.8 Å². The highest BCUT2D eigenvalue weighted by molar-refractivity contribution is 8.03. The highest BCUT2D eigenvalue weighted by Gasteiger charge is 2.44. The van der Waals surface area contributed by atoms with Gasteiger partial charge in [0, 0.05) is 11.5 Å². The lowest BCUT2D eigenvalue weighted by Crippen LogP contribution is -2.45. The van der Waals surface area contributed by atoms with E-state index in [1.54, 1.807) is 13.8 Å². The summed E-state index contributed by atoms with van der Waals surface area (Å²) in [6.45, 7) is 9.34. The number of allylic oxidation sites excluding steroid dienone is 1. The Labute approximate surface area is 141 Å². The number of nitrogens with one attached hydrogen (secondary N) is 2. The van der Waals surface area contributed by atoms with Gasteiger partial charge in [-0.3, -0.25) is 9.59 Å². The zero-order chi connectivity index (χ0) is 17.8. The highest BCUT2D eigenvalue weighted by Crippen LogP contribution is 2.41. The van der Waals surface area contributed by atoms with Crippen molar-refractivity contribution in [2.75, 3.05) is 5.75 Å². The van der Waals surface area contributed by atoms with Gasteiger partial charge in [-0.25, -0.2) is 0 Å². The Morgan fingerprint density at radius 3 is 2.48 bits per heavy atom. The fraction of sp³-hybridized carbons (Fsp3) is 0.625. The van der Waals surface area contributed by atoms with Crippen molar-refractivity contribution < 1.29 is 9.59 Å². The number of thioether (sulfide) groups is 1. The molecule has 0 fully saturated rings. The van der Waals surface area contributed by atoms with Gasteiger partial charge in [0.25, 0.3) is 0 Å². The molecule has 0 saturated heterocycles. The van der Waals surface area contributed by atoms with E-state index in [1.807, 2.05) is 26.8 Å². The predicted octanol–water partition coefficient (Wildman–Crippen LogP) is 1.91. The molecule has 0 aromatic rings. The van der Waals surface area contributed by atoms with Crippen molar-refractivity contribution in [3.8, 4) is 12.1 Å². The molecule has 2 atom stereocenters. The molecule has 23 heavy (non-hydrogen) atoms. The number of hydrogen-bond donors (Lipinski definition) is 2. The molecule has 0 radical (unpaired) electrons. The Bertz CT molecular complexity index is 611. The summed E-state index contributed by atoms with van der Waals surface area (Å²) in [5.41, 5.74) is -0.547. The average molecular weight is 334 g/mol. The number of hydrogen-bond acceptors (Lipinski definition) is 5. The van der Waals surface area contributed by atoms with Crippen LogP contribution in [0, 0.1) is 39.9 Å². The Balaban J connectivity index is 2.89. The second-order valence-electron chi connectivity index (χ2n) is 6.48. The van der Waals surface area contributed by atoms with Crippen LogP contribution in [-0.2, 0) is 9.59 Å². The van der Waals surface area contributed by atoms with E-state index in [4.69, 9.17) is 5.26 Å². The monoisotopic (exact) mass is 334 g/mol. The molecular formula is C16H22N4O2S. The van der Waals surface area contributed by atoms with Crippen molar-refractivity contribution >= 4 is 23.6 Å². The minimum absolute atomic E-state index is 0.0490. The van der Waals surface area contributed by atoms with E-state index in [-0.39, 0.29) is 17.7 Å². The van der Waals surface area contributed by atoms with Gasteiger partial charge in [-0.1, -0.05) is 39.5 Å². The topological polar surface area (TPSA) is 106 Å². The number of nitriles is 2. The van der Waals surface area contributed by atoms with Crippen molar-refractivity contribution in [3.63, 3.8) is 0 Å². The first-order valence-electron chi connectivity index (χ1n) is 7.42. The Morgan fingerprint density at radius 1 is 1.39 bits per heavy atom. The quantitative estimate of drug-likeness (QED) is 0.799. The van der Waals surface area contributed by atoms with Crippen LogP contribution < -0.4 is 10.6 Å². The second-order valence-corrected chi connectivity index (χ2v) is 7.46. The van der Waals surface area contributed by atoms with Crippen molar-refractivity contribution in [1.29, 1.82) is 10.5 Å². The van der Waals surface area contributed by atoms with Crippen LogP contribution in [0.25, 0.3) is 0 Å². The second kappa shape index (κ2) is 7.52. The van der Waals surface area contributed by atoms with E-state index in [2.05, 4.69) is 16.7 Å². The van der Waals surface area contributed by atoms with Crippen LogP contribution in [0.1, 0.15) is 34.6 Å². The van der Waals surface area contributed by atoms with Crippen LogP contribution in [-0.4, -0.2) is 23.6 Å².